The smallest absolute Gasteiger partial charge is 0.264 e. The Labute approximate surface area is 207 Å². The van der Waals surface area contributed by atoms with Crippen molar-refractivity contribution >= 4 is 61.8 Å². The average Bonchev–Trinajstić information content (AvgIpc) is 2.83. The number of benzene rings is 4. The third-order valence-corrected chi connectivity index (χ3v) is 7.32. The summed E-state index contributed by atoms with van der Waals surface area (Å²) in [4.78, 5) is 12.8. The van der Waals surface area contributed by atoms with Gasteiger partial charge in [-0.1, -0.05) is 83.9 Å². The van der Waals surface area contributed by atoms with Crippen LogP contribution in [0.4, 0.5) is 5.69 Å². The van der Waals surface area contributed by atoms with E-state index in [2.05, 4.69) is 10.5 Å². The van der Waals surface area contributed by atoms with E-state index in [1.54, 1.807) is 18.2 Å². The van der Waals surface area contributed by atoms with E-state index in [0.29, 0.717) is 5.02 Å². The standard InChI is InChI=1S/C25H19Cl2N3O3S/c26-20-13-14-24(23(27)15-20)30(34(32,33)21-10-2-1-3-11-21)17-25(31)29-28-16-19-9-6-8-18-7-4-5-12-22(18)19/h1-16H,17H2,(H,29,31)/b28-16-. The molecule has 1 N–H and O–H groups in total. The second kappa shape index (κ2) is 10.3. The first-order valence-corrected chi connectivity index (χ1v) is 12.4. The van der Waals surface area contributed by atoms with Crippen molar-refractivity contribution in [3.63, 3.8) is 0 Å². The number of amides is 1. The molecule has 4 aromatic carbocycles. The van der Waals surface area contributed by atoms with Crippen LogP contribution in [-0.4, -0.2) is 27.1 Å². The molecule has 0 aliphatic heterocycles. The predicted molar refractivity (Wildman–Crippen MR) is 137 cm³/mol. The van der Waals surface area contributed by atoms with Crippen LogP contribution in [0.5, 0.6) is 0 Å². The Bertz CT molecular complexity index is 1470. The van der Waals surface area contributed by atoms with E-state index in [4.69, 9.17) is 23.2 Å². The van der Waals surface area contributed by atoms with Crippen LogP contribution in [0.15, 0.2) is 101 Å². The fourth-order valence-corrected chi connectivity index (χ4v) is 5.43. The van der Waals surface area contributed by atoms with Gasteiger partial charge < -0.3 is 0 Å². The molecule has 0 saturated carbocycles. The molecule has 0 aliphatic rings. The summed E-state index contributed by atoms with van der Waals surface area (Å²) in [5.74, 6) is -0.637. The number of hydrazone groups is 1. The van der Waals surface area contributed by atoms with Crippen molar-refractivity contribution in [3.8, 4) is 0 Å². The third-order valence-electron chi connectivity index (χ3n) is 5.01. The number of carbonyl (C=O) groups excluding carboxylic acids is 1. The molecule has 172 valence electrons. The van der Waals surface area contributed by atoms with Crippen molar-refractivity contribution in [2.45, 2.75) is 4.90 Å². The number of anilines is 1. The van der Waals surface area contributed by atoms with Gasteiger partial charge in [-0.15, -0.1) is 0 Å². The van der Waals surface area contributed by atoms with Crippen molar-refractivity contribution in [3.05, 3.63) is 107 Å². The number of rotatable bonds is 7. The van der Waals surface area contributed by atoms with Crippen molar-refractivity contribution in [1.29, 1.82) is 0 Å². The third kappa shape index (κ3) is 5.22. The van der Waals surface area contributed by atoms with Gasteiger partial charge >= 0.3 is 0 Å². The Balaban J connectivity index is 1.60. The highest BCUT2D eigenvalue weighted by atomic mass is 35.5. The van der Waals surface area contributed by atoms with E-state index in [1.807, 2.05) is 42.5 Å². The summed E-state index contributed by atoms with van der Waals surface area (Å²) in [7, 11) is -4.10. The summed E-state index contributed by atoms with van der Waals surface area (Å²) in [6.45, 7) is -0.536. The van der Waals surface area contributed by atoms with Crippen molar-refractivity contribution in [1.82, 2.24) is 5.43 Å². The molecule has 1 amide bonds. The fourth-order valence-electron chi connectivity index (χ4n) is 3.41. The van der Waals surface area contributed by atoms with Gasteiger partial charge in [-0.3, -0.25) is 9.10 Å². The molecule has 0 atom stereocenters. The summed E-state index contributed by atoms with van der Waals surface area (Å²) in [5.41, 5.74) is 3.35. The number of hydrogen-bond donors (Lipinski definition) is 1. The van der Waals surface area contributed by atoms with Crippen LogP contribution in [0.25, 0.3) is 10.8 Å². The Morgan fingerprint density at radius 2 is 1.62 bits per heavy atom. The van der Waals surface area contributed by atoms with Crippen LogP contribution in [0.3, 0.4) is 0 Å². The largest absolute Gasteiger partial charge is 0.271 e. The number of halogens is 2. The van der Waals surface area contributed by atoms with E-state index < -0.39 is 22.5 Å². The highest BCUT2D eigenvalue weighted by Crippen LogP contribution is 2.32. The van der Waals surface area contributed by atoms with Gasteiger partial charge in [0, 0.05) is 10.6 Å². The second-order valence-electron chi connectivity index (χ2n) is 7.28. The first-order valence-electron chi connectivity index (χ1n) is 10.2. The first kappa shape index (κ1) is 23.8. The zero-order chi connectivity index (χ0) is 24.1. The van der Waals surface area contributed by atoms with Crippen LogP contribution in [0.1, 0.15) is 5.56 Å². The highest BCUT2D eigenvalue weighted by Gasteiger charge is 2.28. The number of nitrogens with one attached hydrogen (secondary N) is 1. The minimum atomic E-state index is -4.10. The van der Waals surface area contributed by atoms with Crippen molar-refractivity contribution in [2.24, 2.45) is 5.10 Å². The lowest BCUT2D eigenvalue weighted by Gasteiger charge is -2.24. The number of nitrogens with zero attached hydrogens (tertiary/aromatic N) is 2. The zero-order valence-corrected chi connectivity index (χ0v) is 20.1. The molecule has 9 heteroatoms. The van der Waals surface area contributed by atoms with Crippen molar-refractivity contribution in [2.75, 3.05) is 10.8 Å². The number of fused-ring (bicyclic) bond motifs is 1. The van der Waals surface area contributed by atoms with Gasteiger partial charge in [-0.05, 0) is 41.1 Å². The van der Waals surface area contributed by atoms with Gasteiger partial charge in [0.1, 0.15) is 6.54 Å². The molecule has 0 unspecified atom stereocenters. The molecule has 0 heterocycles. The monoisotopic (exact) mass is 511 g/mol. The van der Waals surface area contributed by atoms with Crippen molar-refractivity contribution < 1.29 is 13.2 Å². The van der Waals surface area contributed by atoms with E-state index >= 15 is 0 Å². The van der Waals surface area contributed by atoms with E-state index in [1.165, 1.54) is 36.5 Å². The lowest BCUT2D eigenvalue weighted by atomic mass is 10.1. The van der Waals surface area contributed by atoms with Gasteiger partial charge in [0.05, 0.1) is 21.8 Å². The maximum atomic E-state index is 13.4. The van der Waals surface area contributed by atoms with Crippen LogP contribution >= 0.6 is 23.2 Å². The fraction of sp³-hybridized carbons (Fsp3) is 0.0400. The maximum absolute atomic E-state index is 13.4. The van der Waals surface area contributed by atoms with Crippen LogP contribution in [0.2, 0.25) is 10.0 Å². The summed E-state index contributed by atoms with van der Waals surface area (Å²) >= 11 is 12.3. The highest BCUT2D eigenvalue weighted by molar-refractivity contribution is 7.92. The molecule has 0 aliphatic carbocycles. The average molecular weight is 512 g/mol. The minimum Gasteiger partial charge on any atom is -0.271 e. The van der Waals surface area contributed by atoms with Gasteiger partial charge in [-0.25, -0.2) is 13.8 Å². The number of sulfonamides is 1. The van der Waals surface area contributed by atoms with Gasteiger partial charge in [0.2, 0.25) is 0 Å². The molecule has 0 radical (unpaired) electrons. The minimum absolute atomic E-state index is 0.0214. The molecule has 4 aromatic rings. The second-order valence-corrected chi connectivity index (χ2v) is 9.99. The van der Waals surface area contributed by atoms with E-state index in [0.717, 1.165) is 20.6 Å². The predicted octanol–water partition coefficient (Wildman–Crippen LogP) is 5.49. The summed E-state index contributed by atoms with van der Waals surface area (Å²) < 4.78 is 27.7. The normalized spacial score (nSPS) is 11.6. The lowest BCUT2D eigenvalue weighted by Crippen LogP contribution is -2.39. The van der Waals surface area contributed by atoms with Gasteiger partial charge in [-0.2, -0.15) is 5.10 Å². The van der Waals surface area contributed by atoms with Crippen LogP contribution < -0.4 is 9.73 Å². The molecule has 0 aromatic heterocycles. The SMILES string of the molecule is O=C(CN(c1ccc(Cl)cc1Cl)S(=O)(=O)c1ccccc1)N/N=C\c1cccc2ccccc12. The molecule has 0 bridgehead atoms. The maximum Gasteiger partial charge on any atom is 0.264 e. The first-order chi connectivity index (χ1) is 16.4. The van der Waals surface area contributed by atoms with Gasteiger partial charge in [0.25, 0.3) is 15.9 Å². The number of hydrogen-bond acceptors (Lipinski definition) is 4. The molecule has 34 heavy (non-hydrogen) atoms. The molecule has 4 rings (SSSR count). The summed E-state index contributed by atoms with van der Waals surface area (Å²) in [5, 5.41) is 6.48. The van der Waals surface area contributed by atoms with E-state index in [9.17, 15) is 13.2 Å². The Hall–Kier alpha value is -3.39. The lowest BCUT2D eigenvalue weighted by molar-refractivity contribution is -0.119. The zero-order valence-electron chi connectivity index (χ0n) is 17.7. The molecule has 6 nitrogen and oxygen atoms in total. The molecule has 0 saturated heterocycles. The van der Waals surface area contributed by atoms with Crippen LogP contribution in [-0.2, 0) is 14.8 Å². The molecular formula is C25H19Cl2N3O3S. The number of carbonyl (C=O) groups is 1. The van der Waals surface area contributed by atoms with E-state index in [-0.39, 0.29) is 15.6 Å². The Morgan fingerprint density at radius 3 is 2.38 bits per heavy atom. The Morgan fingerprint density at radius 1 is 0.912 bits per heavy atom. The quantitative estimate of drug-likeness (QED) is 0.263. The topological polar surface area (TPSA) is 78.8 Å². The summed E-state index contributed by atoms with van der Waals surface area (Å²) in [6, 6.07) is 25.7. The molecule has 0 fully saturated rings. The molecule has 0 spiro atoms. The molecular weight excluding hydrogens is 493 g/mol. The Kier molecular flexibility index (Phi) is 7.17. The summed E-state index contributed by atoms with van der Waals surface area (Å²) in [6.07, 6.45) is 1.52. The van der Waals surface area contributed by atoms with Crippen LogP contribution in [0, 0.1) is 0 Å². The van der Waals surface area contributed by atoms with Gasteiger partial charge in [0.15, 0.2) is 0 Å².